The van der Waals surface area contributed by atoms with Crippen molar-refractivity contribution in [3.05, 3.63) is 23.6 Å². The number of allylic oxidation sites excluding steroid dienone is 2. The Hall–Kier alpha value is -1.25. The van der Waals surface area contributed by atoms with E-state index < -0.39 is 0 Å². The van der Waals surface area contributed by atoms with Crippen LogP contribution in [0.3, 0.4) is 0 Å². The molecule has 0 fully saturated rings. The number of nitrogens with two attached hydrogens (primary N) is 1. The summed E-state index contributed by atoms with van der Waals surface area (Å²) in [6.45, 7) is 0. The number of ketones is 1. The minimum absolute atomic E-state index is 0.0648. The van der Waals surface area contributed by atoms with Crippen LogP contribution in [0.1, 0.15) is 0 Å². The summed E-state index contributed by atoms with van der Waals surface area (Å²) in [5.41, 5.74) is 4.97. The van der Waals surface area contributed by atoms with Gasteiger partial charge >= 0.3 is 0 Å². The molecule has 0 radical (unpaired) electrons. The van der Waals surface area contributed by atoms with Gasteiger partial charge in [-0.1, -0.05) is 0 Å². The van der Waals surface area contributed by atoms with Crippen LogP contribution in [0.4, 0.5) is 0 Å². The van der Waals surface area contributed by atoms with Crippen LogP contribution in [0, 0.1) is 0 Å². The zero-order chi connectivity index (χ0) is 6.15. The summed E-state index contributed by atoms with van der Waals surface area (Å²) in [5.74, 6) is -0.447. The van der Waals surface area contributed by atoms with Gasteiger partial charge in [0.05, 0.1) is 0 Å². The summed E-state index contributed by atoms with van der Waals surface area (Å²) in [5, 5.41) is 8.62. The van der Waals surface area contributed by atoms with E-state index in [1.165, 1.54) is 12.2 Å². The van der Waals surface area contributed by atoms with Crippen LogP contribution in [0.5, 0.6) is 0 Å². The smallest absolute Gasteiger partial charge is 0.205 e. The first-order chi connectivity index (χ1) is 3.72. The van der Waals surface area contributed by atoms with Gasteiger partial charge in [-0.2, -0.15) is 0 Å². The number of carbonyl (C=O) groups is 1. The molecule has 1 rings (SSSR count). The molecule has 1 aliphatic carbocycles. The molecule has 0 saturated carbocycles. The number of hydrogen-bond donors (Lipinski definition) is 2. The number of aliphatic hydroxyl groups is 1. The molecule has 0 bridgehead atoms. The Morgan fingerprint density at radius 2 is 2.12 bits per heavy atom. The van der Waals surface area contributed by atoms with Gasteiger partial charge in [0.25, 0.3) is 0 Å². The fourth-order valence-electron chi connectivity index (χ4n) is 0.460. The summed E-state index contributed by atoms with van der Waals surface area (Å²) >= 11 is 0. The minimum Gasteiger partial charge on any atom is -0.506 e. The Kier molecular flexibility index (Phi) is 0.836. The highest BCUT2D eigenvalue weighted by Gasteiger charge is 2.11. The standard InChI is InChI=1S/C5H5NO2/c6-5-3(7)1-2-4(5)8/h1-2H,(H3,6,7,8). The summed E-state index contributed by atoms with van der Waals surface area (Å²) in [7, 11) is 0. The van der Waals surface area contributed by atoms with Crippen LogP contribution >= 0.6 is 0 Å². The molecule has 1 aliphatic rings. The fraction of sp³-hybridized carbons (Fsp3) is 0. The first-order valence-electron chi connectivity index (χ1n) is 2.13. The van der Waals surface area contributed by atoms with Crippen LogP contribution in [0.15, 0.2) is 23.6 Å². The molecule has 0 aromatic heterocycles. The van der Waals surface area contributed by atoms with Crippen molar-refractivity contribution in [2.45, 2.75) is 0 Å². The lowest BCUT2D eigenvalue weighted by molar-refractivity contribution is -0.111. The molecular formula is C5H5NO2. The van der Waals surface area contributed by atoms with Gasteiger partial charge in [0.15, 0.2) is 0 Å². The van der Waals surface area contributed by atoms with Crippen molar-refractivity contribution in [2.75, 3.05) is 0 Å². The van der Waals surface area contributed by atoms with Crippen LogP contribution in [0.25, 0.3) is 0 Å². The van der Waals surface area contributed by atoms with E-state index in [-0.39, 0.29) is 17.2 Å². The van der Waals surface area contributed by atoms with Crippen molar-refractivity contribution in [1.29, 1.82) is 0 Å². The van der Waals surface area contributed by atoms with Gasteiger partial charge in [-0.15, -0.1) is 0 Å². The largest absolute Gasteiger partial charge is 0.506 e. The van der Waals surface area contributed by atoms with Crippen LogP contribution in [-0.2, 0) is 4.79 Å². The molecule has 0 aromatic carbocycles. The summed E-state index contributed by atoms with van der Waals surface area (Å²) in [6.07, 6.45) is 2.50. The van der Waals surface area contributed by atoms with Gasteiger partial charge < -0.3 is 10.8 Å². The molecule has 0 aliphatic heterocycles. The summed E-state index contributed by atoms with van der Waals surface area (Å²) < 4.78 is 0. The van der Waals surface area contributed by atoms with Gasteiger partial charge in [0, 0.05) is 0 Å². The van der Waals surface area contributed by atoms with Crippen molar-refractivity contribution in [1.82, 2.24) is 0 Å². The van der Waals surface area contributed by atoms with Gasteiger partial charge in [0.2, 0.25) is 5.78 Å². The second-order valence-corrected chi connectivity index (χ2v) is 1.50. The maximum atomic E-state index is 10.4. The average molecular weight is 111 g/mol. The Balaban J connectivity index is 3.02. The highest BCUT2D eigenvalue weighted by Crippen LogP contribution is 2.06. The number of hydrogen-bond acceptors (Lipinski definition) is 3. The van der Waals surface area contributed by atoms with E-state index in [1.807, 2.05) is 0 Å². The topological polar surface area (TPSA) is 63.3 Å². The first kappa shape index (κ1) is 4.90. The second-order valence-electron chi connectivity index (χ2n) is 1.50. The quantitative estimate of drug-likeness (QED) is 0.457. The third-order valence-corrected chi connectivity index (χ3v) is 0.934. The minimum atomic E-state index is -0.317. The SMILES string of the molecule is NC1=C(O)C=CC1=O. The summed E-state index contributed by atoms with van der Waals surface area (Å²) in [4.78, 5) is 10.4. The Morgan fingerprint density at radius 3 is 2.25 bits per heavy atom. The van der Waals surface area contributed by atoms with Gasteiger partial charge in [-0.3, -0.25) is 4.79 Å². The number of carbonyl (C=O) groups excluding carboxylic acids is 1. The van der Waals surface area contributed by atoms with Gasteiger partial charge in [0.1, 0.15) is 11.5 Å². The second kappa shape index (κ2) is 1.36. The molecule has 42 valence electrons. The zero-order valence-electron chi connectivity index (χ0n) is 4.09. The summed E-state index contributed by atoms with van der Waals surface area (Å²) in [6, 6.07) is 0. The molecule has 0 aromatic rings. The predicted octanol–water partition coefficient (Wildman–Crippen LogP) is -0.146. The van der Waals surface area contributed by atoms with E-state index in [0.29, 0.717) is 0 Å². The molecule has 0 spiro atoms. The van der Waals surface area contributed by atoms with Gasteiger partial charge in [-0.25, -0.2) is 0 Å². The van der Waals surface area contributed by atoms with Crippen LogP contribution in [0.2, 0.25) is 0 Å². The molecule has 0 heterocycles. The van der Waals surface area contributed by atoms with Crippen LogP contribution < -0.4 is 5.73 Å². The van der Waals surface area contributed by atoms with Crippen LogP contribution in [-0.4, -0.2) is 10.9 Å². The van der Waals surface area contributed by atoms with E-state index in [2.05, 4.69) is 0 Å². The Labute approximate surface area is 46.1 Å². The van der Waals surface area contributed by atoms with Crippen molar-refractivity contribution in [3.63, 3.8) is 0 Å². The van der Waals surface area contributed by atoms with Crippen molar-refractivity contribution in [3.8, 4) is 0 Å². The molecular weight excluding hydrogens is 106 g/mol. The molecule has 0 atom stereocenters. The Bertz CT molecular complexity index is 187. The van der Waals surface area contributed by atoms with E-state index in [9.17, 15) is 4.79 Å². The lowest BCUT2D eigenvalue weighted by atomic mass is 10.4. The third-order valence-electron chi connectivity index (χ3n) is 0.934. The maximum absolute atomic E-state index is 10.4. The van der Waals surface area contributed by atoms with E-state index in [0.717, 1.165) is 0 Å². The molecule has 3 N–H and O–H groups in total. The molecule has 0 saturated heterocycles. The number of rotatable bonds is 0. The maximum Gasteiger partial charge on any atom is 0.205 e. The van der Waals surface area contributed by atoms with Crippen molar-refractivity contribution in [2.24, 2.45) is 5.73 Å². The molecule has 0 amide bonds. The van der Waals surface area contributed by atoms with Crippen molar-refractivity contribution >= 4 is 5.78 Å². The zero-order valence-corrected chi connectivity index (χ0v) is 4.09. The van der Waals surface area contributed by atoms with Gasteiger partial charge in [-0.05, 0) is 12.2 Å². The lowest BCUT2D eigenvalue weighted by Crippen LogP contribution is -2.06. The Morgan fingerprint density at radius 1 is 1.50 bits per heavy atom. The molecule has 3 nitrogen and oxygen atoms in total. The van der Waals surface area contributed by atoms with E-state index in [1.54, 1.807) is 0 Å². The lowest BCUT2D eigenvalue weighted by Gasteiger charge is -1.86. The van der Waals surface area contributed by atoms with E-state index in [4.69, 9.17) is 10.8 Å². The highest BCUT2D eigenvalue weighted by molar-refractivity contribution is 6.06. The third kappa shape index (κ3) is 0.484. The average Bonchev–Trinajstić information content (AvgIpc) is 1.98. The predicted molar refractivity (Wildman–Crippen MR) is 28.0 cm³/mol. The van der Waals surface area contributed by atoms with E-state index >= 15 is 0 Å². The molecule has 0 unspecified atom stereocenters. The molecule has 3 heteroatoms. The fourth-order valence-corrected chi connectivity index (χ4v) is 0.460. The first-order valence-corrected chi connectivity index (χ1v) is 2.13. The number of aliphatic hydroxyl groups excluding tert-OH is 1. The highest BCUT2D eigenvalue weighted by atomic mass is 16.3. The molecule has 8 heavy (non-hydrogen) atoms. The monoisotopic (exact) mass is 111 g/mol. The van der Waals surface area contributed by atoms with Crippen molar-refractivity contribution < 1.29 is 9.90 Å². The normalized spacial score (nSPS) is 18.2.